The highest BCUT2D eigenvalue weighted by molar-refractivity contribution is 6.32. The van der Waals surface area contributed by atoms with E-state index in [4.69, 9.17) is 17.3 Å². The molecule has 0 aliphatic carbocycles. The van der Waals surface area contributed by atoms with Crippen LogP contribution in [0.5, 0.6) is 0 Å². The van der Waals surface area contributed by atoms with E-state index in [9.17, 15) is 10.1 Å². The number of halogens is 2. The van der Waals surface area contributed by atoms with Crippen LogP contribution >= 0.6 is 11.6 Å². The molecule has 186 valence electrons. The van der Waals surface area contributed by atoms with Crippen LogP contribution in [0.3, 0.4) is 0 Å². The number of nitriles is 1. The zero-order valence-corrected chi connectivity index (χ0v) is 20.6. The second kappa shape index (κ2) is 9.52. The Morgan fingerprint density at radius 1 is 1.38 bits per heavy atom. The van der Waals surface area contributed by atoms with Crippen molar-refractivity contribution in [1.29, 1.82) is 5.26 Å². The fraction of sp³-hybridized carbons (Fsp3) is 0.280. The molecule has 1 aromatic carbocycles. The Morgan fingerprint density at radius 2 is 2.19 bits per heavy atom. The molecule has 1 fully saturated rings. The van der Waals surface area contributed by atoms with Crippen LogP contribution in [-0.2, 0) is 11.3 Å². The lowest BCUT2D eigenvalue weighted by Crippen LogP contribution is -2.34. The third kappa shape index (κ3) is 4.03. The third-order valence-corrected chi connectivity index (χ3v) is 6.85. The normalized spacial score (nSPS) is 17.1. The largest absolute Gasteiger partial charge is 0.383 e. The number of aryl methyl sites for hydroxylation is 1. The molecule has 1 aliphatic rings. The third-order valence-electron chi connectivity index (χ3n) is 6.48. The first-order chi connectivity index (χ1) is 17.9. The Balaban J connectivity index is 1.59. The maximum atomic E-state index is 15.0. The first-order valence-electron chi connectivity index (χ1n) is 11.5. The van der Waals surface area contributed by atoms with Gasteiger partial charge in [0.1, 0.15) is 23.4 Å². The molecular weight excluding hydrogens is 497 g/mol. The number of nitrogens with zero attached hydrogens (tertiary/aromatic N) is 8. The van der Waals surface area contributed by atoms with Crippen LogP contribution < -0.4 is 5.73 Å². The molecule has 0 saturated carbocycles. The zero-order valence-electron chi connectivity index (χ0n) is 19.8. The lowest BCUT2D eigenvalue weighted by atomic mass is 10.1. The first-order valence-corrected chi connectivity index (χ1v) is 11.9. The molecule has 3 aromatic heterocycles. The lowest BCUT2D eigenvalue weighted by Gasteiger charge is -2.20. The van der Waals surface area contributed by atoms with Gasteiger partial charge in [-0.25, -0.2) is 24.0 Å². The number of rotatable bonds is 4. The molecule has 0 bridgehead atoms. The average molecular weight is 518 g/mol. The number of hydrogen-bond acceptors (Lipinski definition) is 7. The molecule has 12 heteroatoms. The van der Waals surface area contributed by atoms with Crippen molar-refractivity contribution in [2.45, 2.75) is 38.4 Å². The predicted molar refractivity (Wildman–Crippen MR) is 136 cm³/mol. The van der Waals surface area contributed by atoms with Gasteiger partial charge in [-0.2, -0.15) is 10.4 Å². The molecule has 2 atom stereocenters. The van der Waals surface area contributed by atoms with Crippen molar-refractivity contribution in [1.82, 2.24) is 34.2 Å². The average Bonchev–Trinajstić information content (AvgIpc) is 3.60. The van der Waals surface area contributed by atoms with Crippen LogP contribution in [0, 0.1) is 29.0 Å². The quantitative estimate of drug-likeness (QED) is 0.324. The molecule has 10 nitrogen and oxygen atoms in total. The molecule has 0 spiro atoms. The van der Waals surface area contributed by atoms with Gasteiger partial charge in [0.05, 0.1) is 40.8 Å². The highest BCUT2D eigenvalue weighted by atomic mass is 35.5. The lowest BCUT2D eigenvalue weighted by molar-refractivity contribution is -0.126. The fourth-order valence-electron chi connectivity index (χ4n) is 4.71. The highest BCUT2D eigenvalue weighted by Crippen LogP contribution is 2.33. The van der Waals surface area contributed by atoms with E-state index in [1.165, 1.54) is 12.4 Å². The molecule has 5 rings (SSSR count). The number of carbonyl (C=O) groups is 1. The van der Waals surface area contributed by atoms with Crippen molar-refractivity contribution in [2.75, 3.05) is 12.3 Å². The molecule has 1 aliphatic heterocycles. The van der Waals surface area contributed by atoms with E-state index in [-0.39, 0.29) is 46.5 Å². The summed E-state index contributed by atoms with van der Waals surface area (Å²) in [7, 11) is 0. The maximum absolute atomic E-state index is 15.0. The number of benzene rings is 1. The van der Waals surface area contributed by atoms with Gasteiger partial charge in [-0.3, -0.25) is 4.79 Å². The maximum Gasteiger partial charge on any atom is 0.246 e. The molecule has 37 heavy (non-hydrogen) atoms. The van der Waals surface area contributed by atoms with Gasteiger partial charge in [0, 0.05) is 24.7 Å². The minimum absolute atomic E-state index is 0.114. The second-order valence-corrected chi connectivity index (χ2v) is 8.93. The highest BCUT2D eigenvalue weighted by Gasteiger charge is 2.37. The van der Waals surface area contributed by atoms with Crippen LogP contribution in [-0.4, -0.2) is 52.7 Å². The molecule has 1 saturated heterocycles. The molecular formula is C25H21ClFN9O. The number of fused-ring (bicyclic) bond motifs is 2. The number of imidazole rings is 1. The summed E-state index contributed by atoms with van der Waals surface area (Å²) in [6.07, 6.45) is 4.78. The standard InChI is InChI=1S/C25H21ClFN9O/c1-3-19(37)35-11-16(10-15(35)7-8-28)36-25-20(24(29)30-12-31-25)17(33-36)6-5-14-9-18-23(22(27)21(14)26)34(4-2)13-32-18/h3,9,12-13,15-16H,1,4,7,10-11H2,2H3,(H2,29,30,31)/t15-,16?/m0/s1. The van der Waals surface area contributed by atoms with Gasteiger partial charge < -0.3 is 15.2 Å². The summed E-state index contributed by atoms with van der Waals surface area (Å²) in [5.74, 6) is 5.17. The number of likely N-dealkylation sites (tertiary alicyclic amines) is 1. The Morgan fingerprint density at radius 3 is 2.92 bits per heavy atom. The number of anilines is 1. The predicted octanol–water partition coefficient (Wildman–Crippen LogP) is 3.21. The van der Waals surface area contributed by atoms with Crippen LogP contribution in [0.25, 0.3) is 22.1 Å². The van der Waals surface area contributed by atoms with Crippen molar-refractivity contribution in [3.8, 4) is 17.9 Å². The van der Waals surface area contributed by atoms with Crippen molar-refractivity contribution in [3.05, 3.63) is 53.5 Å². The van der Waals surface area contributed by atoms with Crippen molar-refractivity contribution < 1.29 is 9.18 Å². The summed E-state index contributed by atoms with van der Waals surface area (Å²) in [5.41, 5.74) is 7.90. The summed E-state index contributed by atoms with van der Waals surface area (Å²) in [6, 6.07) is 3.20. The second-order valence-electron chi connectivity index (χ2n) is 8.55. The van der Waals surface area contributed by atoms with Crippen LogP contribution in [0.2, 0.25) is 5.02 Å². The summed E-state index contributed by atoms with van der Waals surface area (Å²) in [5, 5.41) is 14.2. The van der Waals surface area contributed by atoms with Gasteiger partial charge in [0.25, 0.3) is 0 Å². The summed E-state index contributed by atoms with van der Waals surface area (Å²) < 4.78 is 18.4. The number of aromatic nitrogens is 6. The number of carbonyl (C=O) groups excluding carboxylic acids is 1. The van der Waals surface area contributed by atoms with E-state index in [0.717, 1.165) is 0 Å². The van der Waals surface area contributed by atoms with Gasteiger partial charge in [-0.15, -0.1) is 0 Å². The SMILES string of the molecule is C=CC(=O)N1CC(n2nc(C#Cc3cc4ncn(CC)c4c(F)c3Cl)c3c(N)ncnc32)C[C@@H]1CC#N. The molecule has 0 radical (unpaired) electrons. The Labute approximate surface area is 216 Å². The molecule has 2 N–H and O–H groups in total. The van der Waals surface area contributed by atoms with Crippen molar-refractivity contribution >= 4 is 45.4 Å². The number of nitrogen functional groups attached to an aromatic ring is 1. The smallest absolute Gasteiger partial charge is 0.246 e. The molecule has 1 amide bonds. The van der Waals surface area contributed by atoms with Gasteiger partial charge >= 0.3 is 0 Å². The number of nitrogens with two attached hydrogens (primary N) is 1. The molecule has 4 aromatic rings. The Kier molecular flexibility index (Phi) is 6.24. The number of amides is 1. The van der Waals surface area contributed by atoms with E-state index < -0.39 is 5.82 Å². The van der Waals surface area contributed by atoms with E-state index in [0.29, 0.717) is 41.6 Å². The van der Waals surface area contributed by atoms with Gasteiger partial charge in [-0.05, 0) is 31.4 Å². The minimum atomic E-state index is -0.595. The monoisotopic (exact) mass is 517 g/mol. The van der Waals surface area contributed by atoms with E-state index >= 15 is 4.39 Å². The van der Waals surface area contributed by atoms with E-state index in [2.05, 4.69) is 44.5 Å². The van der Waals surface area contributed by atoms with Crippen LogP contribution in [0.4, 0.5) is 10.2 Å². The summed E-state index contributed by atoms with van der Waals surface area (Å²) in [6.45, 7) is 6.31. The number of hydrogen-bond donors (Lipinski definition) is 1. The Bertz CT molecular complexity index is 1670. The minimum Gasteiger partial charge on any atom is -0.383 e. The van der Waals surface area contributed by atoms with Crippen LogP contribution in [0.15, 0.2) is 31.4 Å². The zero-order chi connectivity index (χ0) is 26.3. The van der Waals surface area contributed by atoms with E-state index in [1.54, 1.807) is 26.5 Å². The fourth-order valence-corrected chi connectivity index (χ4v) is 4.91. The van der Waals surface area contributed by atoms with Crippen molar-refractivity contribution in [2.24, 2.45) is 0 Å². The summed E-state index contributed by atoms with van der Waals surface area (Å²) in [4.78, 5) is 26.7. The summed E-state index contributed by atoms with van der Waals surface area (Å²) >= 11 is 6.32. The van der Waals surface area contributed by atoms with Gasteiger partial charge in [0.2, 0.25) is 5.91 Å². The van der Waals surface area contributed by atoms with E-state index in [1.807, 2.05) is 6.92 Å². The topological polar surface area (TPSA) is 132 Å². The van der Waals surface area contributed by atoms with Gasteiger partial charge in [0.15, 0.2) is 11.5 Å². The Hall–Kier alpha value is -4.48. The van der Waals surface area contributed by atoms with Crippen molar-refractivity contribution in [3.63, 3.8) is 0 Å². The first kappa shape index (κ1) is 24.2. The molecule has 1 unspecified atom stereocenters. The van der Waals surface area contributed by atoms with Crippen LogP contribution in [0.1, 0.15) is 37.1 Å². The van der Waals surface area contributed by atoms with Gasteiger partial charge in [-0.1, -0.05) is 24.1 Å². The molecule has 4 heterocycles.